The van der Waals surface area contributed by atoms with E-state index in [4.69, 9.17) is 23.2 Å². The van der Waals surface area contributed by atoms with Crippen LogP contribution in [0.5, 0.6) is 0 Å². The lowest BCUT2D eigenvalue weighted by molar-refractivity contribution is -0.129. The van der Waals surface area contributed by atoms with Crippen LogP contribution < -0.4 is 0 Å². The number of halogens is 2. The zero-order valence-electron chi connectivity index (χ0n) is 10.7. The van der Waals surface area contributed by atoms with E-state index in [0.717, 1.165) is 11.3 Å². The molecular weight excluding hydrogens is 283 g/mol. The number of amides is 1. The predicted octanol–water partition coefficient (Wildman–Crippen LogP) is 3.06. The molecule has 3 rings (SSSR count). The van der Waals surface area contributed by atoms with Crippen molar-refractivity contribution >= 4 is 41.0 Å². The Bertz CT molecular complexity index is 583. The molecule has 1 amide bonds. The van der Waals surface area contributed by atoms with Crippen LogP contribution in [0.1, 0.15) is 19.4 Å². The van der Waals surface area contributed by atoms with Crippen molar-refractivity contribution in [3.63, 3.8) is 0 Å². The lowest BCUT2D eigenvalue weighted by Crippen LogP contribution is -2.44. The summed E-state index contributed by atoms with van der Waals surface area (Å²) in [5.41, 5.74) is 1.02. The van der Waals surface area contributed by atoms with E-state index in [2.05, 4.69) is 4.99 Å². The second-order valence-electron chi connectivity index (χ2n) is 5.35. The van der Waals surface area contributed by atoms with Gasteiger partial charge in [-0.1, -0.05) is 41.4 Å². The van der Waals surface area contributed by atoms with Crippen molar-refractivity contribution in [3.05, 3.63) is 29.8 Å². The highest BCUT2D eigenvalue weighted by atomic mass is 35.5. The molecule has 2 aliphatic rings. The van der Waals surface area contributed by atoms with Crippen LogP contribution in [0.3, 0.4) is 0 Å². The zero-order valence-corrected chi connectivity index (χ0v) is 12.2. The van der Waals surface area contributed by atoms with E-state index in [9.17, 15) is 4.79 Å². The Hall–Kier alpha value is -1.06. The highest BCUT2D eigenvalue weighted by Gasteiger charge is 2.64. The molecule has 1 aromatic rings. The molecule has 2 heterocycles. The Balaban J connectivity index is 2.17. The molecule has 1 spiro atoms. The van der Waals surface area contributed by atoms with Crippen LogP contribution in [-0.4, -0.2) is 33.9 Å². The maximum Gasteiger partial charge on any atom is 0.260 e. The molecule has 1 fully saturated rings. The highest BCUT2D eigenvalue weighted by molar-refractivity contribution is 6.61. The average molecular weight is 297 g/mol. The van der Waals surface area contributed by atoms with Gasteiger partial charge in [-0.3, -0.25) is 9.79 Å². The van der Waals surface area contributed by atoms with Gasteiger partial charge in [-0.25, -0.2) is 0 Å². The number of rotatable bonds is 1. The fourth-order valence-corrected chi connectivity index (χ4v) is 3.45. The Kier molecular flexibility index (Phi) is 2.70. The Morgan fingerprint density at radius 2 is 2.00 bits per heavy atom. The average Bonchev–Trinajstić information content (AvgIpc) is 2.83. The van der Waals surface area contributed by atoms with E-state index >= 15 is 0 Å². The van der Waals surface area contributed by atoms with Crippen molar-refractivity contribution in [1.29, 1.82) is 0 Å². The summed E-state index contributed by atoms with van der Waals surface area (Å²) in [5, 5.41) is 0. The molecule has 5 heteroatoms. The van der Waals surface area contributed by atoms with Gasteiger partial charge in [0.05, 0.1) is 11.1 Å². The third kappa shape index (κ3) is 1.52. The van der Waals surface area contributed by atoms with E-state index in [-0.39, 0.29) is 11.9 Å². The highest BCUT2D eigenvalue weighted by Crippen LogP contribution is 2.54. The van der Waals surface area contributed by atoms with Crippen molar-refractivity contribution in [1.82, 2.24) is 4.90 Å². The topological polar surface area (TPSA) is 32.7 Å². The number of likely N-dealkylation sites (tertiary alicyclic amines) is 1. The zero-order chi connectivity index (χ0) is 13.8. The van der Waals surface area contributed by atoms with Crippen molar-refractivity contribution in [2.75, 3.05) is 6.54 Å². The lowest BCUT2D eigenvalue weighted by atomic mass is 9.81. The molecule has 0 bridgehead atoms. The van der Waals surface area contributed by atoms with Gasteiger partial charge in [0.2, 0.25) is 4.33 Å². The smallest absolute Gasteiger partial charge is 0.260 e. The van der Waals surface area contributed by atoms with Crippen molar-refractivity contribution in [3.8, 4) is 0 Å². The molecule has 0 aliphatic carbocycles. The van der Waals surface area contributed by atoms with Crippen molar-refractivity contribution < 1.29 is 4.79 Å². The van der Waals surface area contributed by atoms with E-state index in [1.807, 2.05) is 38.1 Å². The fraction of sp³-hybridized carbons (Fsp3) is 0.429. The van der Waals surface area contributed by atoms with Crippen LogP contribution in [-0.2, 0) is 10.2 Å². The normalized spacial score (nSPS) is 27.6. The van der Waals surface area contributed by atoms with Gasteiger partial charge in [0.15, 0.2) is 0 Å². The van der Waals surface area contributed by atoms with Gasteiger partial charge in [0.1, 0.15) is 0 Å². The van der Waals surface area contributed by atoms with Gasteiger partial charge < -0.3 is 4.90 Å². The molecule has 1 saturated heterocycles. The largest absolute Gasteiger partial charge is 0.336 e. The summed E-state index contributed by atoms with van der Waals surface area (Å²) < 4.78 is -1.49. The monoisotopic (exact) mass is 296 g/mol. The first-order valence-electron chi connectivity index (χ1n) is 6.24. The van der Waals surface area contributed by atoms with Crippen molar-refractivity contribution in [2.45, 2.75) is 29.6 Å². The molecular formula is C14H14Cl2N2O. The summed E-state index contributed by atoms with van der Waals surface area (Å²) >= 11 is 12.9. The van der Waals surface area contributed by atoms with Gasteiger partial charge in [0.25, 0.3) is 5.91 Å². The number of nitrogens with zero attached hydrogens (tertiary/aromatic N) is 2. The summed E-state index contributed by atoms with van der Waals surface area (Å²) in [6.07, 6.45) is 1.73. The van der Waals surface area contributed by atoms with Gasteiger partial charge in [-0.15, -0.1) is 0 Å². The Morgan fingerprint density at radius 3 is 2.63 bits per heavy atom. The number of fused-ring (bicyclic) bond motifs is 2. The van der Waals surface area contributed by atoms with Crippen LogP contribution in [0.25, 0.3) is 0 Å². The number of aliphatic imine (C=N–C) groups is 1. The van der Waals surface area contributed by atoms with Crippen LogP contribution in [0.4, 0.5) is 5.69 Å². The lowest BCUT2D eigenvalue weighted by Gasteiger charge is -2.29. The Morgan fingerprint density at radius 1 is 1.32 bits per heavy atom. The molecule has 2 aliphatic heterocycles. The Labute approximate surface area is 122 Å². The first-order chi connectivity index (χ1) is 8.90. The third-order valence-corrected chi connectivity index (χ3v) is 4.94. The predicted molar refractivity (Wildman–Crippen MR) is 77.6 cm³/mol. The molecule has 0 saturated carbocycles. The van der Waals surface area contributed by atoms with E-state index in [1.54, 1.807) is 11.1 Å². The minimum atomic E-state index is -1.49. The van der Waals surface area contributed by atoms with Crippen LogP contribution >= 0.6 is 23.2 Å². The minimum absolute atomic E-state index is 0.0601. The SMILES string of the molecule is CC(C)N1CC2(C=Nc3ccccc32)C(Cl)(Cl)C1=O. The van der Waals surface area contributed by atoms with Gasteiger partial charge in [-0.2, -0.15) is 0 Å². The number of hydrogen-bond acceptors (Lipinski definition) is 2. The third-order valence-electron chi connectivity index (χ3n) is 3.94. The number of benzene rings is 1. The summed E-state index contributed by atoms with van der Waals surface area (Å²) in [4.78, 5) is 18.5. The first kappa shape index (κ1) is 12.9. The van der Waals surface area contributed by atoms with E-state index in [0.29, 0.717) is 6.54 Å². The first-order valence-corrected chi connectivity index (χ1v) is 6.99. The number of carbonyl (C=O) groups excluding carboxylic acids is 1. The second-order valence-corrected chi connectivity index (χ2v) is 6.68. The summed E-state index contributed by atoms with van der Waals surface area (Å²) in [6, 6.07) is 7.74. The van der Waals surface area contributed by atoms with Crippen molar-refractivity contribution in [2.24, 2.45) is 4.99 Å². The minimum Gasteiger partial charge on any atom is -0.336 e. The van der Waals surface area contributed by atoms with E-state index in [1.165, 1.54) is 0 Å². The molecule has 0 radical (unpaired) electrons. The second kappa shape index (κ2) is 3.97. The molecule has 1 aromatic carbocycles. The molecule has 100 valence electrons. The van der Waals surface area contributed by atoms with Crippen LogP contribution in [0.15, 0.2) is 29.3 Å². The molecule has 0 aromatic heterocycles. The van der Waals surface area contributed by atoms with E-state index < -0.39 is 9.75 Å². The molecule has 1 unspecified atom stereocenters. The quantitative estimate of drug-likeness (QED) is 0.733. The molecule has 3 nitrogen and oxygen atoms in total. The van der Waals surface area contributed by atoms with Gasteiger partial charge >= 0.3 is 0 Å². The molecule has 19 heavy (non-hydrogen) atoms. The summed E-state index contributed by atoms with van der Waals surface area (Å²) in [6.45, 7) is 4.38. The van der Waals surface area contributed by atoms with Crippen LogP contribution in [0.2, 0.25) is 0 Å². The van der Waals surface area contributed by atoms with Gasteiger partial charge in [-0.05, 0) is 25.5 Å². The number of carbonyl (C=O) groups is 1. The maximum atomic E-state index is 12.4. The number of hydrogen-bond donors (Lipinski definition) is 0. The standard InChI is InChI=1S/C14H14Cl2N2O/c1-9(2)18-8-13(14(15,16)12(18)19)7-17-11-6-4-3-5-10(11)13/h3-7,9H,8H2,1-2H3. The van der Waals surface area contributed by atoms with Crippen LogP contribution in [0, 0.1) is 0 Å². The number of alkyl halides is 2. The molecule has 1 atom stereocenters. The fourth-order valence-electron chi connectivity index (χ4n) is 2.82. The maximum absolute atomic E-state index is 12.4. The summed E-state index contributed by atoms with van der Waals surface area (Å²) in [7, 11) is 0. The molecule has 0 N–H and O–H groups in total. The van der Waals surface area contributed by atoms with Gasteiger partial charge in [0, 0.05) is 18.8 Å². The number of para-hydroxylation sites is 1. The summed E-state index contributed by atoms with van der Waals surface area (Å²) in [5.74, 6) is -0.242.